The van der Waals surface area contributed by atoms with Gasteiger partial charge in [-0.05, 0) is 38.7 Å². The summed E-state index contributed by atoms with van der Waals surface area (Å²) in [6.45, 7) is 4.31. The number of hydrogen-bond acceptors (Lipinski definition) is 3. The number of ether oxygens (including phenoxy) is 1. The summed E-state index contributed by atoms with van der Waals surface area (Å²) in [6.07, 6.45) is 1.71. The van der Waals surface area contributed by atoms with E-state index in [9.17, 15) is 9.90 Å². The van der Waals surface area contributed by atoms with Crippen LogP contribution in [0.15, 0.2) is 18.2 Å². The first-order valence-electron chi connectivity index (χ1n) is 7.76. The smallest absolute Gasteiger partial charge is 0.317 e. The minimum atomic E-state index is -0.417. The molecule has 1 fully saturated rings. The molecule has 1 saturated carbocycles. The van der Waals surface area contributed by atoms with Crippen LogP contribution in [0.25, 0.3) is 0 Å². The standard InChI is InChI=1S/C17H26N2O3/c1-11-5-8-16(22-4)14(9-11)12(2)18-17(21)19(3)10-15(20)13-6-7-13/h5,8-9,12-13,15,20H,6-7,10H2,1-4H3,(H,18,21)/t12-,15-/m0/s1. The number of benzene rings is 1. The van der Waals surface area contributed by atoms with Gasteiger partial charge in [0.25, 0.3) is 0 Å². The number of rotatable bonds is 6. The summed E-state index contributed by atoms with van der Waals surface area (Å²) < 4.78 is 5.36. The molecule has 0 aromatic heterocycles. The average molecular weight is 306 g/mol. The van der Waals surface area contributed by atoms with Gasteiger partial charge in [-0.15, -0.1) is 0 Å². The number of nitrogens with one attached hydrogen (secondary N) is 1. The highest BCUT2D eigenvalue weighted by Gasteiger charge is 2.31. The number of urea groups is 1. The maximum atomic E-state index is 12.3. The molecule has 0 saturated heterocycles. The van der Waals surface area contributed by atoms with Gasteiger partial charge in [0.2, 0.25) is 0 Å². The number of methoxy groups -OCH3 is 1. The highest BCUT2D eigenvalue weighted by atomic mass is 16.5. The van der Waals surface area contributed by atoms with E-state index in [1.807, 2.05) is 32.0 Å². The zero-order valence-corrected chi connectivity index (χ0v) is 13.8. The molecule has 122 valence electrons. The molecule has 0 aliphatic heterocycles. The third kappa shape index (κ3) is 4.13. The lowest BCUT2D eigenvalue weighted by molar-refractivity contribution is 0.112. The molecule has 1 aliphatic rings. The van der Waals surface area contributed by atoms with Gasteiger partial charge in [0.1, 0.15) is 5.75 Å². The second-order valence-electron chi connectivity index (χ2n) is 6.20. The van der Waals surface area contributed by atoms with Crippen molar-refractivity contribution in [3.05, 3.63) is 29.3 Å². The third-order valence-electron chi connectivity index (χ3n) is 4.17. The number of hydrogen-bond donors (Lipinski definition) is 2. The maximum Gasteiger partial charge on any atom is 0.317 e. The van der Waals surface area contributed by atoms with E-state index in [1.165, 1.54) is 0 Å². The molecule has 2 amide bonds. The first-order valence-corrected chi connectivity index (χ1v) is 7.76. The maximum absolute atomic E-state index is 12.3. The molecule has 1 aromatic rings. The Morgan fingerprint density at radius 2 is 2.18 bits per heavy atom. The summed E-state index contributed by atoms with van der Waals surface area (Å²) in [6, 6.07) is 5.56. The van der Waals surface area contributed by atoms with Crippen molar-refractivity contribution < 1.29 is 14.6 Å². The quantitative estimate of drug-likeness (QED) is 0.849. The van der Waals surface area contributed by atoms with Crippen LogP contribution in [0, 0.1) is 12.8 Å². The van der Waals surface area contributed by atoms with Crippen LogP contribution in [0.5, 0.6) is 5.75 Å². The number of nitrogens with zero attached hydrogens (tertiary/aromatic N) is 1. The summed E-state index contributed by atoms with van der Waals surface area (Å²) in [5.74, 6) is 1.13. The first-order chi connectivity index (χ1) is 10.4. The summed E-state index contributed by atoms with van der Waals surface area (Å²) in [7, 11) is 3.34. The zero-order chi connectivity index (χ0) is 16.3. The molecule has 2 rings (SSSR count). The number of aliphatic hydroxyl groups excluding tert-OH is 1. The Balaban J connectivity index is 1.96. The molecular weight excluding hydrogens is 280 g/mol. The van der Waals surface area contributed by atoms with Crippen LogP contribution < -0.4 is 10.1 Å². The van der Waals surface area contributed by atoms with Gasteiger partial charge < -0.3 is 20.1 Å². The number of carbonyl (C=O) groups excluding carboxylic acids is 1. The normalized spacial score (nSPS) is 16.8. The molecule has 1 aliphatic carbocycles. The summed E-state index contributed by atoms with van der Waals surface area (Å²) >= 11 is 0. The SMILES string of the molecule is COc1ccc(C)cc1[C@H](C)NC(=O)N(C)C[C@H](O)C1CC1. The van der Waals surface area contributed by atoms with Gasteiger partial charge in [0.15, 0.2) is 0 Å². The van der Waals surface area contributed by atoms with Crippen LogP contribution in [0.2, 0.25) is 0 Å². The minimum absolute atomic E-state index is 0.164. The highest BCUT2D eigenvalue weighted by molar-refractivity contribution is 5.74. The van der Waals surface area contributed by atoms with Crippen LogP contribution in [0.1, 0.15) is 36.9 Å². The number of aliphatic hydroxyl groups is 1. The third-order valence-corrected chi connectivity index (χ3v) is 4.17. The van der Waals surface area contributed by atoms with E-state index < -0.39 is 6.10 Å². The van der Waals surface area contributed by atoms with Crippen LogP contribution >= 0.6 is 0 Å². The van der Waals surface area contributed by atoms with Crippen molar-refractivity contribution in [2.45, 2.75) is 38.8 Å². The molecule has 2 N–H and O–H groups in total. The Morgan fingerprint density at radius 3 is 2.77 bits per heavy atom. The Bertz CT molecular complexity index is 529. The highest BCUT2D eigenvalue weighted by Crippen LogP contribution is 2.32. The number of aryl methyl sites for hydroxylation is 1. The van der Waals surface area contributed by atoms with Gasteiger partial charge in [-0.3, -0.25) is 0 Å². The van der Waals surface area contributed by atoms with E-state index in [4.69, 9.17) is 4.74 Å². The second kappa shape index (κ2) is 7.01. The minimum Gasteiger partial charge on any atom is -0.496 e. The summed E-state index contributed by atoms with van der Waals surface area (Å²) in [5, 5.41) is 12.9. The Morgan fingerprint density at radius 1 is 1.50 bits per heavy atom. The molecule has 2 atom stereocenters. The van der Waals surface area contributed by atoms with Crippen LogP contribution in [0.4, 0.5) is 4.79 Å². The lowest BCUT2D eigenvalue weighted by Crippen LogP contribution is -2.42. The molecule has 0 spiro atoms. The van der Waals surface area contributed by atoms with Crippen molar-refractivity contribution in [1.29, 1.82) is 0 Å². The topological polar surface area (TPSA) is 61.8 Å². The molecule has 1 aromatic carbocycles. The predicted molar refractivity (Wildman–Crippen MR) is 86.0 cm³/mol. The van der Waals surface area contributed by atoms with Gasteiger partial charge in [-0.25, -0.2) is 4.79 Å². The van der Waals surface area contributed by atoms with Crippen LogP contribution in [0.3, 0.4) is 0 Å². The monoisotopic (exact) mass is 306 g/mol. The molecule has 0 heterocycles. The van der Waals surface area contributed by atoms with E-state index in [0.29, 0.717) is 12.5 Å². The Hall–Kier alpha value is -1.75. The average Bonchev–Trinajstić information content (AvgIpc) is 3.31. The van der Waals surface area contributed by atoms with Gasteiger partial charge >= 0.3 is 6.03 Å². The van der Waals surface area contributed by atoms with E-state index in [-0.39, 0.29) is 12.1 Å². The van der Waals surface area contributed by atoms with E-state index in [1.54, 1.807) is 19.1 Å². The number of carbonyl (C=O) groups is 1. The van der Waals surface area contributed by atoms with Gasteiger partial charge in [-0.1, -0.05) is 17.7 Å². The van der Waals surface area contributed by atoms with E-state index in [0.717, 1.165) is 29.7 Å². The summed E-state index contributed by atoms with van der Waals surface area (Å²) in [4.78, 5) is 13.8. The molecule has 0 unspecified atom stereocenters. The molecule has 5 heteroatoms. The fourth-order valence-corrected chi connectivity index (χ4v) is 2.56. The molecule has 0 radical (unpaired) electrons. The lowest BCUT2D eigenvalue weighted by atomic mass is 10.0. The zero-order valence-electron chi connectivity index (χ0n) is 13.8. The molecule has 0 bridgehead atoms. The van der Waals surface area contributed by atoms with Crippen molar-refractivity contribution in [3.8, 4) is 5.75 Å². The first kappa shape index (κ1) is 16.6. The van der Waals surface area contributed by atoms with Crippen molar-refractivity contribution in [2.24, 2.45) is 5.92 Å². The van der Waals surface area contributed by atoms with Crippen molar-refractivity contribution >= 4 is 6.03 Å². The summed E-state index contributed by atoms with van der Waals surface area (Å²) in [5.41, 5.74) is 2.07. The largest absolute Gasteiger partial charge is 0.496 e. The van der Waals surface area contributed by atoms with Crippen molar-refractivity contribution in [2.75, 3.05) is 20.7 Å². The molecule has 22 heavy (non-hydrogen) atoms. The number of amides is 2. The van der Waals surface area contributed by atoms with Gasteiger partial charge in [-0.2, -0.15) is 0 Å². The van der Waals surface area contributed by atoms with Crippen molar-refractivity contribution in [3.63, 3.8) is 0 Å². The van der Waals surface area contributed by atoms with E-state index in [2.05, 4.69) is 5.32 Å². The fraction of sp³-hybridized carbons (Fsp3) is 0.588. The Labute approximate surface area is 132 Å². The van der Waals surface area contributed by atoms with Crippen LogP contribution in [-0.4, -0.2) is 42.8 Å². The van der Waals surface area contributed by atoms with Crippen molar-refractivity contribution in [1.82, 2.24) is 10.2 Å². The van der Waals surface area contributed by atoms with Gasteiger partial charge in [0.05, 0.1) is 19.3 Å². The molecular formula is C17H26N2O3. The van der Waals surface area contributed by atoms with E-state index >= 15 is 0 Å². The van der Waals surface area contributed by atoms with Crippen LogP contribution in [-0.2, 0) is 0 Å². The lowest BCUT2D eigenvalue weighted by Gasteiger charge is -2.24. The van der Waals surface area contributed by atoms with Gasteiger partial charge in [0, 0.05) is 19.2 Å². The Kier molecular flexibility index (Phi) is 5.29. The molecule has 5 nitrogen and oxygen atoms in total. The second-order valence-corrected chi connectivity index (χ2v) is 6.20. The fourth-order valence-electron chi connectivity index (χ4n) is 2.56. The number of likely N-dealkylation sites (N-methyl/N-ethyl adjacent to an activating group) is 1. The predicted octanol–water partition coefficient (Wildman–Crippen LogP) is 2.48.